The van der Waals surface area contributed by atoms with Gasteiger partial charge in [-0.2, -0.15) is 0 Å². The van der Waals surface area contributed by atoms with Gasteiger partial charge in [-0.3, -0.25) is 0 Å². The van der Waals surface area contributed by atoms with E-state index in [-0.39, 0.29) is 5.82 Å². The van der Waals surface area contributed by atoms with Gasteiger partial charge in [0.1, 0.15) is 5.82 Å². The van der Waals surface area contributed by atoms with Crippen LogP contribution in [0.1, 0.15) is 5.56 Å². The first-order chi connectivity index (χ1) is 8.61. The number of benzene rings is 2. The van der Waals surface area contributed by atoms with Crippen LogP contribution < -0.4 is 4.90 Å². The molecule has 18 heavy (non-hydrogen) atoms. The molecular weight excluding hydrogens is 317 g/mol. The van der Waals surface area contributed by atoms with Crippen LogP contribution in [0.3, 0.4) is 0 Å². The monoisotopic (exact) mass is 327 g/mol. The van der Waals surface area contributed by atoms with E-state index in [1.54, 1.807) is 6.07 Å². The highest BCUT2D eigenvalue weighted by molar-refractivity contribution is 9.10. The molecular formula is C14H12BrClFN. The molecule has 0 aliphatic carbocycles. The first-order valence-corrected chi connectivity index (χ1v) is 6.78. The zero-order valence-corrected chi connectivity index (χ0v) is 12.2. The smallest absolute Gasteiger partial charge is 0.125 e. The third kappa shape index (κ3) is 2.85. The normalized spacial score (nSPS) is 10.4. The Morgan fingerprint density at radius 1 is 1.22 bits per heavy atom. The van der Waals surface area contributed by atoms with Gasteiger partial charge in [0.05, 0.1) is 0 Å². The summed E-state index contributed by atoms with van der Waals surface area (Å²) in [4.78, 5) is 1.92. The average molecular weight is 329 g/mol. The van der Waals surface area contributed by atoms with Gasteiger partial charge in [0.2, 0.25) is 0 Å². The van der Waals surface area contributed by atoms with Crippen molar-refractivity contribution in [1.29, 1.82) is 0 Å². The van der Waals surface area contributed by atoms with Crippen LogP contribution in [0, 0.1) is 5.82 Å². The van der Waals surface area contributed by atoms with Crippen LogP contribution >= 0.6 is 27.5 Å². The molecule has 1 nitrogen and oxygen atoms in total. The summed E-state index contributed by atoms with van der Waals surface area (Å²) in [7, 11) is 1.90. The molecule has 94 valence electrons. The molecule has 0 unspecified atom stereocenters. The summed E-state index contributed by atoms with van der Waals surface area (Å²) >= 11 is 9.37. The summed E-state index contributed by atoms with van der Waals surface area (Å²) in [5, 5.41) is 0. The zero-order chi connectivity index (χ0) is 13.1. The second kappa shape index (κ2) is 5.72. The second-order valence-corrected chi connectivity index (χ2v) is 5.13. The maximum absolute atomic E-state index is 13.2. The highest BCUT2D eigenvalue weighted by Crippen LogP contribution is 2.31. The number of alkyl halides is 1. The number of rotatable bonds is 3. The van der Waals surface area contributed by atoms with E-state index in [1.165, 1.54) is 12.1 Å². The van der Waals surface area contributed by atoms with E-state index in [0.717, 1.165) is 21.4 Å². The molecule has 0 radical (unpaired) electrons. The predicted molar refractivity (Wildman–Crippen MR) is 78.2 cm³/mol. The molecule has 0 fully saturated rings. The van der Waals surface area contributed by atoms with E-state index >= 15 is 0 Å². The Morgan fingerprint density at radius 3 is 2.67 bits per heavy atom. The lowest BCUT2D eigenvalue weighted by Gasteiger charge is -2.22. The Hall–Kier alpha value is -1.06. The van der Waals surface area contributed by atoms with Gasteiger partial charge in [-0.25, -0.2) is 4.39 Å². The van der Waals surface area contributed by atoms with Gasteiger partial charge in [-0.15, -0.1) is 11.6 Å². The number of nitrogens with zero attached hydrogens (tertiary/aromatic N) is 1. The molecule has 0 aromatic heterocycles. The Balaban J connectivity index is 2.44. The molecule has 0 aliphatic heterocycles. The first-order valence-electron chi connectivity index (χ1n) is 5.45. The van der Waals surface area contributed by atoms with Crippen LogP contribution in [-0.2, 0) is 5.88 Å². The topological polar surface area (TPSA) is 3.24 Å². The van der Waals surface area contributed by atoms with Crippen molar-refractivity contribution in [3.05, 3.63) is 58.3 Å². The van der Waals surface area contributed by atoms with E-state index in [2.05, 4.69) is 15.9 Å². The largest absolute Gasteiger partial charge is 0.344 e. The molecule has 0 spiro atoms. The van der Waals surface area contributed by atoms with E-state index < -0.39 is 0 Å². The highest BCUT2D eigenvalue weighted by Gasteiger charge is 2.10. The molecule has 0 aliphatic rings. The van der Waals surface area contributed by atoms with Crippen LogP contribution in [0.4, 0.5) is 15.8 Å². The molecule has 2 aromatic carbocycles. The van der Waals surface area contributed by atoms with Gasteiger partial charge >= 0.3 is 0 Å². The maximum Gasteiger partial charge on any atom is 0.125 e. The van der Waals surface area contributed by atoms with Gasteiger partial charge < -0.3 is 4.90 Å². The maximum atomic E-state index is 13.2. The summed E-state index contributed by atoms with van der Waals surface area (Å²) < 4.78 is 14.2. The van der Waals surface area contributed by atoms with E-state index in [1.807, 2.05) is 36.2 Å². The molecule has 0 amide bonds. The fourth-order valence-corrected chi connectivity index (χ4v) is 2.36. The van der Waals surface area contributed by atoms with Crippen molar-refractivity contribution in [2.24, 2.45) is 0 Å². The highest BCUT2D eigenvalue weighted by atomic mass is 79.9. The SMILES string of the molecule is CN(c1cccc(F)c1)c1cc(Br)ccc1CCl. The predicted octanol–water partition coefficient (Wildman–Crippen LogP) is 5.09. The van der Waals surface area contributed by atoms with Crippen molar-refractivity contribution in [2.75, 3.05) is 11.9 Å². The minimum absolute atomic E-state index is 0.248. The molecule has 0 atom stereocenters. The number of anilines is 2. The summed E-state index contributed by atoms with van der Waals surface area (Å²) in [6, 6.07) is 12.4. The van der Waals surface area contributed by atoms with Gasteiger partial charge in [0.25, 0.3) is 0 Å². The quantitative estimate of drug-likeness (QED) is 0.709. The number of halogens is 3. The van der Waals surface area contributed by atoms with Gasteiger partial charge in [-0.05, 0) is 35.9 Å². The third-order valence-electron chi connectivity index (χ3n) is 2.75. The van der Waals surface area contributed by atoms with Crippen molar-refractivity contribution >= 4 is 38.9 Å². The summed E-state index contributed by atoms with van der Waals surface area (Å²) in [6.45, 7) is 0. The summed E-state index contributed by atoms with van der Waals surface area (Å²) in [5.41, 5.74) is 2.76. The molecule has 4 heteroatoms. The average Bonchev–Trinajstić information content (AvgIpc) is 2.38. The Kier molecular flexibility index (Phi) is 4.25. The van der Waals surface area contributed by atoms with Crippen molar-refractivity contribution in [1.82, 2.24) is 0 Å². The van der Waals surface area contributed by atoms with Gasteiger partial charge in [0.15, 0.2) is 0 Å². The van der Waals surface area contributed by atoms with Gasteiger partial charge in [0, 0.05) is 28.8 Å². The molecule has 0 bridgehead atoms. The van der Waals surface area contributed by atoms with Crippen LogP contribution in [0.2, 0.25) is 0 Å². The Labute approximate surface area is 119 Å². The molecule has 0 heterocycles. The van der Waals surface area contributed by atoms with Crippen LogP contribution in [0.25, 0.3) is 0 Å². The number of hydrogen-bond donors (Lipinski definition) is 0. The fourth-order valence-electron chi connectivity index (χ4n) is 1.79. The van der Waals surface area contributed by atoms with Crippen molar-refractivity contribution in [3.63, 3.8) is 0 Å². The molecule has 2 rings (SSSR count). The van der Waals surface area contributed by atoms with Crippen LogP contribution in [-0.4, -0.2) is 7.05 Å². The zero-order valence-electron chi connectivity index (χ0n) is 9.83. The Bertz CT molecular complexity index is 559. The minimum Gasteiger partial charge on any atom is -0.344 e. The molecule has 0 N–H and O–H groups in total. The van der Waals surface area contributed by atoms with Crippen molar-refractivity contribution < 1.29 is 4.39 Å². The molecule has 0 saturated heterocycles. The van der Waals surface area contributed by atoms with Crippen LogP contribution in [0.5, 0.6) is 0 Å². The fraction of sp³-hybridized carbons (Fsp3) is 0.143. The lowest BCUT2D eigenvalue weighted by Crippen LogP contribution is -2.11. The summed E-state index contributed by atoms with van der Waals surface area (Å²) in [6.07, 6.45) is 0. The lowest BCUT2D eigenvalue weighted by atomic mass is 10.1. The van der Waals surface area contributed by atoms with E-state index in [4.69, 9.17) is 11.6 Å². The Morgan fingerprint density at radius 2 is 2.00 bits per heavy atom. The first kappa shape index (κ1) is 13.4. The van der Waals surface area contributed by atoms with Gasteiger partial charge in [-0.1, -0.05) is 28.1 Å². The molecule has 2 aromatic rings. The lowest BCUT2D eigenvalue weighted by molar-refractivity contribution is 0.628. The third-order valence-corrected chi connectivity index (χ3v) is 3.53. The second-order valence-electron chi connectivity index (χ2n) is 3.95. The van der Waals surface area contributed by atoms with E-state index in [9.17, 15) is 4.39 Å². The van der Waals surface area contributed by atoms with Crippen LogP contribution in [0.15, 0.2) is 46.9 Å². The van der Waals surface area contributed by atoms with E-state index in [0.29, 0.717) is 5.88 Å². The minimum atomic E-state index is -0.248. The van der Waals surface area contributed by atoms with Crippen molar-refractivity contribution in [3.8, 4) is 0 Å². The standard InChI is InChI=1S/C14H12BrClFN/c1-18(13-4-2-3-12(17)8-13)14-7-11(15)6-5-10(14)9-16/h2-8H,9H2,1H3. The summed E-state index contributed by atoms with van der Waals surface area (Å²) in [5.74, 6) is 0.171. The van der Waals surface area contributed by atoms with Crippen molar-refractivity contribution in [2.45, 2.75) is 5.88 Å². The number of hydrogen-bond acceptors (Lipinski definition) is 1. The molecule has 0 saturated carbocycles.